The summed E-state index contributed by atoms with van der Waals surface area (Å²) in [6.45, 7) is 9.87. The second kappa shape index (κ2) is 10.1. The molecule has 0 saturated carbocycles. The molecule has 180 valence electrons. The van der Waals surface area contributed by atoms with Crippen molar-refractivity contribution in [2.45, 2.75) is 26.7 Å². The van der Waals surface area contributed by atoms with Gasteiger partial charge >= 0.3 is 0 Å². The average molecular weight is 489 g/mol. The van der Waals surface area contributed by atoms with Gasteiger partial charge in [0, 0.05) is 42.8 Å². The van der Waals surface area contributed by atoms with Crippen molar-refractivity contribution in [3.63, 3.8) is 0 Å². The number of piperazine rings is 1. The molecule has 5 rings (SSSR count). The zero-order valence-electron chi connectivity index (χ0n) is 20.0. The molecule has 2 fully saturated rings. The molecule has 8 nitrogen and oxygen atoms in total. The van der Waals surface area contributed by atoms with Gasteiger partial charge in [-0.2, -0.15) is 0 Å². The summed E-state index contributed by atoms with van der Waals surface area (Å²) < 4.78 is 0. The minimum Gasteiger partial charge on any atom is -0.369 e. The number of anilines is 1. The maximum atomic E-state index is 11.9. The van der Waals surface area contributed by atoms with Crippen LogP contribution < -0.4 is 10.2 Å². The molecular formula is C26H28N6O2S. The van der Waals surface area contributed by atoms with Gasteiger partial charge in [0.05, 0.1) is 28.0 Å². The highest BCUT2D eigenvalue weighted by atomic mass is 32.2. The van der Waals surface area contributed by atoms with E-state index in [0.717, 1.165) is 60.1 Å². The number of rotatable bonds is 6. The Labute approximate surface area is 208 Å². The summed E-state index contributed by atoms with van der Waals surface area (Å²) in [5.41, 5.74) is 5.61. The zero-order valence-corrected chi connectivity index (χ0v) is 20.8. The van der Waals surface area contributed by atoms with Crippen LogP contribution in [0, 0.1) is 6.92 Å². The molecule has 1 aromatic carbocycles. The molecule has 2 amide bonds. The SMILES string of the molecule is CCCCN1CCN(c2ccc(-c3ncnc4cnc(C=C5SC(=O)NC5=O)cc34)cc2C)CC1. The lowest BCUT2D eigenvalue weighted by Crippen LogP contribution is -2.46. The van der Waals surface area contributed by atoms with E-state index in [1.54, 1.807) is 18.6 Å². The number of thioether (sulfide) groups is 1. The number of nitrogens with one attached hydrogen (secondary N) is 1. The van der Waals surface area contributed by atoms with Crippen LogP contribution in [-0.4, -0.2) is 63.7 Å². The number of carbonyl (C=O) groups excluding carboxylic acids is 2. The van der Waals surface area contributed by atoms with Crippen LogP contribution in [-0.2, 0) is 4.79 Å². The summed E-state index contributed by atoms with van der Waals surface area (Å²) in [7, 11) is 0. The first-order valence-corrected chi connectivity index (χ1v) is 12.8. The van der Waals surface area contributed by atoms with Gasteiger partial charge in [-0.05, 0) is 61.5 Å². The van der Waals surface area contributed by atoms with Crippen LogP contribution in [0.5, 0.6) is 0 Å². The van der Waals surface area contributed by atoms with Crippen LogP contribution >= 0.6 is 11.8 Å². The number of unbranched alkanes of at least 4 members (excludes halogenated alkanes) is 1. The van der Waals surface area contributed by atoms with Crippen LogP contribution in [0.4, 0.5) is 10.5 Å². The minimum absolute atomic E-state index is 0.329. The van der Waals surface area contributed by atoms with Gasteiger partial charge in [-0.15, -0.1) is 0 Å². The van der Waals surface area contributed by atoms with E-state index in [1.807, 2.05) is 6.07 Å². The Morgan fingerprint density at radius 2 is 1.91 bits per heavy atom. The summed E-state index contributed by atoms with van der Waals surface area (Å²) in [4.78, 5) is 42.1. The Morgan fingerprint density at radius 3 is 2.63 bits per heavy atom. The van der Waals surface area contributed by atoms with Gasteiger partial charge < -0.3 is 4.90 Å². The van der Waals surface area contributed by atoms with E-state index in [2.05, 4.69) is 62.1 Å². The van der Waals surface area contributed by atoms with Crippen molar-refractivity contribution in [3.8, 4) is 11.3 Å². The van der Waals surface area contributed by atoms with Crippen molar-refractivity contribution in [1.29, 1.82) is 0 Å². The fourth-order valence-electron chi connectivity index (χ4n) is 4.59. The molecule has 4 heterocycles. The fraction of sp³-hybridized carbons (Fsp3) is 0.346. The van der Waals surface area contributed by atoms with Crippen LogP contribution in [0.1, 0.15) is 31.0 Å². The molecule has 0 radical (unpaired) electrons. The van der Waals surface area contributed by atoms with Gasteiger partial charge in [0.15, 0.2) is 0 Å². The third-order valence-corrected chi connectivity index (χ3v) is 7.29. The third kappa shape index (κ3) is 5.06. The number of hydrogen-bond acceptors (Lipinski definition) is 8. The standard InChI is InChI=1S/C26H28N6O2S/c1-3-4-7-31-8-10-32(11-9-31)22-6-5-18(12-17(22)2)24-20-13-19(27-15-21(20)28-16-29-24)14-23-25(33)30-26(34)35-23/h5-6,12-16H,3-4,7-11H2,1-2H3,(H,30,33,34). The number of carbonyl (C=O) groups is 2. The van der Waals surface area contributed by atoms with E-state index in [-0.39, 0.29) is 5.24 Å². The lowest BCUT2D eigenvalue weighted by atomic mass is 10.0. The van der Waals surface area contributed by atoms with Crippen LogP contribution in [0.2, 0.25) is 0 Å². The normalized spacial score (nSPS) is 18.0. The Bertz CT molecular complexity index is 1320. The van der Waals surface area contributed by atoms with Crippen molar-refractivity contribution in [2.75, 3.05) is 37.6 Å². The molecule has 0 unspecified atom stereocenters. The summed E-state index contributed by atoms with van der Waals surface area (Å²) in [6.07, 6.45) is 7.34. The van der Waals surface area contributed by atoms with Crippen molar-refractivity contribution < 1.29 is 9.59 Å². The molecule has 35 heavy (non-hydrogen) atoms. The molecule has 0 atom stereocenters. The zero-order chi connectivity index (χ0) is 24.4. The van der Waals surface area contributed by atoms with Crippen molar-refractivity contribution in [3.05, 3.63) is 53.0 Å². The van der Waals surface area contributed by atoms with Crippen molar-refractivity contribution in [1.82, 2.24) is 25.2 Å². The smallest absolute Gasteiger partial charge is 0.290 e. The molecule has 9 heteroatoms. The third-order valence-electron chi connectivity index (χ3n) is 6.47. The number of aromatic nitrogens is 3. The number of aryl methyl sites for hydroxylation is 1. The quantitative estimate of drug-likeness (QED) is 0.515. The number of pyridine rings is 1. The molecule has 2 aliphatic rings. The predicted octanol–water partition coefficient (Wildman–Crippen LogP) is 4.25. The second-order valence-electron chi connectivity index (χ2n) is 8.88. The van der Waals surface area contributed by atoms with Gasteiger partial charge in [0.1, 0.15) is 6.33 Å². The Balaban J connectivity index is 1.41. The maximum Gasteiger partial charge on any atom is 0.290 e. The number of hydrogen-bond donors (Lipinski definition) is 1. The van der Waals surface area contributed by atoms with Gasteiger partial charge in [0.2, 0.25) is 0 Å². The van der Waals surface area contributed by atoms with Gasteiger partial charge in [-0.3, -0.25) is 24.8 Å². The lowest BCUT2D eigenvalue weighted by Gasteiger charge is -2.37. The fourth-order valence-corrected chi connectivity index (χ4v) is 5.26. The highest BCUT2D eigenvalue weighted by Gasteiger charge is 2.25. The first kappa shape index (κ1) is 23.4. The van der Waals surface area contributed by atoms with E-state index < -0.39 is 5.91 Å². The molecule has 0 bridgehead atoms. The van der Waals surface area contributed by atoms with E-state index >= 15 is 0 Å². The highest BCUT2D eigenvalue weighted by molar-refractivity contribution is 8.18. The number of amides is 2. The molecule has 0 spiro atoms. The van der Waals surface area contributed by atoms with E-state index in [4.69, 9.17) is 0 Å². The van der Waals surface area contributed by atoms with Gasteiger partial charge in [-0.25, -0.2) is 9.97 Å². The lowest BCUT2D eigenvalue weighted by molar-refractivity contribution is -0.115. The molecule has 2 aromatic heterocycles. The van der Waals surface area contributed by atoms with Crippen LogP contribution in [0.3, 0.4) is 0 Å². The summed E-state index contributed by atoms with van der Waals surface area (Å²) in [5, 5.41) is 2.75. The molecule has 0 aliphatic carbocycles. The summed E-state index contributed by atoms with van der Waals surface area (Å²) in [5.74, 6) is -0.399. The average Bonchev–Trinajstić information content (AvgIpc) is 3.18. The van der Waals surface area contributed by atoms with Gasteiger partial charge in [-0.1, -0.05) is 19.4 Å². The van der Waals surface area contributed by atoms with Crippen molar-refractivity contribution >= 4 is 45.6 Å². The van der Waals surface area contributed by atoms with Crippen LogP contribution in [0.15, 0.2) is 41.7 Å². The topological polar surface area (TPSA) is 91.3 Å². The van der Waals surface area contributed by atoms with Gasteiger partial charge in [0.25, 0.3) is 11.1 Å². The van der Waals surface area contributed by atoms with E-state index in [0.29, 0.717) is 10.6 Å². The molecule has 1 N–H and O–H groups in total. The molecule has 2 saturated heterocycles. The minimum atomic E-state index is -0.399. The number of imide groups is 1. The maximum absolute atomic E-state index is 11.9. The summed E-state index contributed by atoms with van der Waals surface area (Å²) in [6, 6.07) is 8.35. The van der Waals surface area contributed by atoms with E-state index in [9.17, 15) is 9.59 Å². The Morgan fingerprint density at radius 1 is 1.09 bits per heavy atom. The molecule has 2 aliphatic heterocycles. The highest BCUT2D eigenvalue weighted by Crippen LogP contribution is 2.31. The van der Waals surface area contributed by atoms with E-state index in [1.165, 1.54) is 30.6 Å². The summed E-state index contributed by atoms with van der Waals surface area (Å²) >= 11 is 0.878. The molecule has 3 aromatic rings. The Hall–Kier alpha value is -3.30. The van der Waals surface area contributed by atoms with Crippen LogP contribution in [0.25, 0.3) is 28.2 Å². The largest absolute Gasteiger partial charge is 0.369 e. The number of fused-ring (bicyclic) bond motifs is 1. The van der Waals surface area contributed by atoms with Crippen molar-refractivity contribution in [2.24, 2.45) is 0 Å². The first-order chi connectivity index (χ1) is 17.0. The first-order valence-electron chi connectivity index (χ1n) is 12.0. The molecular weight excluding hydrogens is 460 g/mol. The number of benzene rings is 1. The predicted molar refractivity (Wildman–Crippen MR) is 140 cm³/mol. The number of nitrogens with zero attached hydrogens (tertiary/aromatic N) is 5. The monoisotopic (exact) mass is 488 g/mol. The Kier molecular flexibility index (Phi) is 6.79. The second-order valence-corrected chi connectivity index (χ2v) is 9.90.